The van der Waals surface area contributed by atoms with E-state index in [0.717, 1.165) is 37.4 Å². The fraction of sp³-hybridized carbons (Fsp3) is 0.562. The van der Waals surface area contributed by atoms with Gasteiger partial charge in [-0.2, -0.15) is 0 Å². The summed E-state index contributed by atoms with van der Waals surface area (Å²) >= 11 is 0. The van der Waals surface area contributed by atoms with Crippen LogP contribution in [0.15, 0.2) is 24.3 Å². The molecular formula is C16H23NO3. The van der Waals surface area contributed by atoms with Crippen molar-refractivity contribution in [3.05, 3.63) is 29.8 Å². The molecule has 1 heterocycles. The Morgan fingerprint density at radius 3 is 2.80 bits per heavy atom. The van der Waals surface area contributed by atoms with Crippen molar-refractivity contribution in [3.63, 3.8) is 0 Å². The fourth-order valence-corrected chi connectivity index (χ4v) is 2.41. The molecule has 0 spiro atoms. The highest BCUT2D eigenvalue weighted by Gasteiger charge is 2.25. The molecule has 110 valence electrons. The molecule has 0 amide bonds. The summed E-state index contributed by atoms with van der Waals surface area (Å²) in [5.74, 6) is 1.05. The lowest BCUT2D eigenvalue weighted by molar-refractivity contribution is -0.136. The first-order valence-corrected chi connectivity index (χ1v) is 7.22. The molecule has 4 nitrogen and oxygen atoms in total. The van der Waals surface area contributed by atoms with Crippen molar-refractivity contribution in [2.75, 3.05) is 33.4 Å². The molecular weight excluding hydrogens is 254 g/mol. The summed E-state index contributed by atoms with van der Waals surface area (Å²) in [4.78, 5) is 14.4. The van der Waals surface area contributed by atoms with Gasteiger partial charge in [0.15, 0.2) is 5.78 Å². The Bertz CT molecular complexity index is 430. The summed E-state index contributed by atoms with van der Waals surface area (Å²) in [5, 5.41) is 0. The zero-order chi connectivity index (χ0) is 14.4. The first kappa shape index (κ1) is 15.0. The lowest BCUT2D eigenvalue weighted by Crippen LogP contribution is -2.45. The molecule has 20 heavy (non-hydrogen) atoms. The van der Waals surface area contributed by atoms with Gasteiger partial charge in [-0.05, 0) is 30.7 Å². The average molecular weight is 277 g/mol. The molecule has 1 saturated heterocycles. The van der Waals surface area contributed by atoms with E-state index in [4.69, 9.17) is 9.47 Å². The zero-order valence-corrected chi connectivity index (χ0v) is 12.3. The Balaban J connectivity index is 1.81. The van der Waals surface area contributed by atoms with E-state index in [1.165, 1.54) is 0 Å². The molecule has 1 unspecified atom stereocenters. The molecule has 0 N–H and O–H groups in total. The molecule has 0 aromatic heterocycles. The van der Waals surface area contributed by atoms with Gasteiger partial charge in [0.1, 0.15) is 11.9 Å². The number of morpholine rings is 1. The Hall–Kier alpha value is -1.39. The van der Waals surface area contributed by atoms with Crippen LogP contribution in [0.5, 0.6) is 5.75 Å². The van der Waals surface area contributed by atoms with Gasteiger partial charge in [0, 0.05) is 19.5 Å². The predicted octanol–water partition coefficient (Wildman–Crippen LogP) is 1.92. The van der Waals surface area contributed by atoms with E-state index < -0.39 is 0 Å². The third kappa shape index (κ3) is 4.05. The summed E-state index contributed by atoms with van der Waals surface area (Å²) in [6.07, 6.45) is 1.05. The van der Waals surface area contributed by atoms with Crippen LogP contribution in [-0.4, -0.2) is 50.1 Å². The molecule has 1 aliphatic heterocycles. The predicted molar refractivity (Wildman–Crippen MR) is 78.2 cm³/mol. The van der Waals surface area contributed by atoms with Crippen molar-refractivity contribution < 1.29 is 14.3 Å². The van der Waals surface area contributed by atoms with E-state index in [1.54, 1.807) is 7.11 Å². The highest BCUT2D eigenvalue weighted by atomic mass is 16.5. The van der Waals surface area contributed by atoms with E-state index in [0.29, 0.717) is 13.0 Å². The van der Waals surface area contributed by atoms with Gasteiger partial charge < -0.3 is 9.47 Å². The van der Waals surface area contributed by atoms with E-state index >= 15 is 0 Å². The third-order valence-electron chi connectivity index (χ3n) is 3.78. The van der Waals surface area contributed by atoms with Crippen molar-refractivity contribution in [1.82, 2.24) is 4.90 Å². The second-order valence-corrected chi connectivity index (χ2v) is 5.07. The van der Waals surface area contributed by atoms with Crippen molar-refractivity contribution >= 4 is 5.78 Å². The van der Waals surface area contributed by atoms with Crippen LogP contribution in [0.4, 0.5) is 0 Å². The number of carbonyl (C=O) groups excluding carboxylic acids is 1. The van der Waals surface area contributed by atoms with E-state index in [9.17, 15) is 4.79 Å². The van der Waals surface area contributed by atoms with E-state index in [1.807, 2.05) is 24.3 Å². The fourth-order valence-electron chi connectivity index (χ4n) is 2.41. The second-order valence-electron chi connectivity index (χ2n) is 5.07. The first-order valence-electron chi connectivity index (χ1n) is 7.22. The maximum absolute atomic E-state index is 12.2. The van der Waals surface area contributed by atoms with Gasteiger partial charge in [0.25, 0.3) is 0 Å². The highest BCUT2D eigenvalue weighted by Crippen LogP contribution is 2.14. The summed E-state index contributed by atoms with van der Waals surface area (Å²) in [7, 11) is 1.65. The van der Waals surface area contributed by atoms with E-state index in [2.05, 4.69) is 11.8 Å². The zero-order valence-electron chi connectivity index (χ0n) is 12.3. The lowest BCUT2D eigenvalue weighted by Gasteiger charge is -2.31. The second kappa shape index (κ2) is 7.41. The van der Waals surface area contributed by atoms with Gasteiger partial charge in [0.2, 0.25) is 0 Å². The normalized spacial score (nSPS) is 19.8. The van der Waals surface area contributed by atoms with Gasteiger partial charge in [-0.1, -0.05) is 19.1 Å². The van der Waals surface area contributed by atoms with Crippen LogP contribution in [0, 0.1) is 0 Å². The monoisotopic (exact) mass is 277 g/mol. The SMILES string of the molecule is CCN1CCOC(C(=O)CCc2ccc(OC)cc2)C1. The van der Waals surface area contributed by atoms with Crippen molar-refractivity contribution in [1.29, 1.82) is 0 Å². The average Bonchev–Trinajstić information content (AvgIpc) is 2.53. The maximum atomic E-state index is 12.2. The Morgan fingerprint density at radius 2 is 2.15 bits per heavy atom. The number of Topliss-reactive ketones (excluding diaryl/α,β-unsaturated/α-hetero) is 1. The number of rotatable bonds is 6. The molecule has 1 aromatic rings. The van der Waals surface area contributed by atoms with Crippen LogP contribution < -0.4 is 4.74 Å². The number of ether oxygens (including phenoxy) is 2. The molecule has 2 rings (SSSR count). The third-order valence-corrected chi connectivity index (χ3v) is 3.78. The number of carbonyl (C=O) groups is 1. The number of benzene rings is 1. The van der Waals surface area contributed by atoms with Gasteiger partial charge in [-0.3, -0.25) is 9.69 Å². The van der Waals surface area contributed by atoms with Crippen molar-refractivity contribution in [2.24, 2.45) is 0 Å². The van der Waals surface area contributed by atoms with Gasteiger partial charge in [-0.25, -0.2) is 0 Å². The van der Waals surface area contributed by atoms with Gasteiger partial charge in [0.05, 0.1) is 13.7 Å². The number of ketones is 1. The summed E-state index contributed by atoms with van der Waals surface area (Å²) < 4.78 is 10.7. The molecule has 1 atom stereocenters. The Morgan fingerprint density at radius 1 is 1.40 bits per heavy atom. The largest absolute Gasteiger partial charge is 0.497 e. The summed E-state index contributed by atoms with van der Waals surface area (Å²) in [6, 6.07) is 7.86. The maximum Gasteiger partial charge on any atom is 0.163 e. The Labute approximate surface area is 120 Å². The van der Waals surface area contributed by atoms with Crippen LogP contribution >= 0.6 is 0 Å². The molecule has 1 aromatic carbocycles. The minimum absolute atomic E-state index is 0.207. The number of methoxy groups -OCH3 is 1. The molecule has 4 heteroatoms. The molecule has 0 bridgehead atoms. The molecule has 0 saturated carbocycles. The minimum atomic E-state index is -0.248. The minimum Gasteiger partial charge on any atom is -0.497 e. The standard InChI is InChI=1S/C16H23NO3/c1-3-17-10-11-20-16(12-17)15(18)9-6-13-4-7-14(19-2)8-5-13/h4-5,7-8,16H,3,6,9-12H2,1-2H3. The Kier molecular flexibility index (Phi) is 5.56. The number of hydrogen-bond acceptors (Lipinski definition) is 4. The number of aryl methyl sites for hydroxylation is 1. The lowest BCUT2D eigenvalue weighted by atomic mass is 10.0. The molecule has 0 aliphatic carbocycles. The van der Waals surface area contributed by atoms with Crippen molar-refractivity contribution in [3.8, 4) is 5.75 Å². The van der Waals surface area contributed by atoms with Gasteiger partial charge in [-0.15, -0.1) is 0 Å². The molecule has 1 fully saturated rings. The highest BCUT2D eigenvalue weighted by molar-refractivity contribution is 5.83. The topological polar surface area (TPSA) is 38.8 Å². The number of hydrogen-bond donors (Lipinski definition) is 0. The summed E-state index contributed by atoms with van der Waals surface area (Å²) in [5.41, 5.74) is 1.15. The van der Waals surface area contributed by atoms with Crippen LogP contribution in [0.3, 0.4) is 0 Å². The molecule has 1 aliphatic rings. The number of likely N-dealkylation sites (N-methyl/N-ethyl adjacent to an activating group) is 1. The number of nitrogens with zero attached hydrogens (tertiary/aromatic N) is 1. The van der Waals surface area contributed by atoms with Crippen LogP contribution in [0.25, 0.3) is 0 Å². The van der Waals surface area contributed by atoms with Crippen molar-refractivity contribution in [2.45, 2.75) is 25.9 Å². The molecule has 0 radical (unpaired) electrons. The smallest absolute Gasteiger partial charge is 0.163 e. The van der Waals surface area contributed by atoms with Crippen LogP contribution in [0.1, 0.15) is 18.9 Å². The summed E-state index contributed by atoms with van der Waals surface area (Å²) in [6.45, 7) is 5.42. The van der Waals surface area contributed by atoms with Crippen LogP contribution in [-0.2, 0) is 16.0 Å². The quantitative estimate of drug-likeness (QED) is 0.796. The van der Waals surface area contributed by atoms with Crippen LogP contribution in [0.2, 0.25) is 0 Å². The van der Waals surface area contributed by atoms with Gasteiger partial charge >= 0.3 is 0 Å². The van der Waals surface area contributed by atoms with E-state index in [-0.39, 0.29) is 11.9 Å². The first-order chi connectivity index (χ1) is 9.72.